The Morgan fingerprint density at radius 3 is 2.62 bits per heavy atom. The number of benzene rings is 1. The van der Waals surface area contributed by atoms with E-state index in [4.69, 9.17) is 11.6 Å². The average Bonchev–Trinajstić information content (AvgIpc) is 3.01. The highest BCUT2D eigenvalue weighted by Gasteiger charge is 2.06. The summed E-state index contributed by atoms with van der Waals surface area (Å²) in [5, 5.41) is 3.90. The van der Waals surface area contributed by atoms with E-state index >= 15 is 0 Å². The number of aromatic nitrogens is 3. The molecule has 0 fully saturated rings. The van der Waals surface area contributed by atoms with Gasteiger partial charge in [0.1, 0.15) is 5.15 Å². The Morgan fingerprint density at radius 2 is 1.95 bits per heavy atom. The quantitative estimate of drug-likeness (QED) is 0.738. The number of pyridine rings is 1. The Labute approximate surface area is 128 Å². The molecule has 2 heterocycles. The molecular formula is C16H15ClN4. The van der Waals surface area contributed by atoms with E-state index in [0.717, 1.165) is 11.4 Å². The largest absolute Gasteiger partial charge is 0.378 e. The molecule has 5 heteroatoms. The average molecular weight is 299 g/mol. The molecule has 1 N–H and O–H groups in total. The van der Waals surface area contributed by atoms with E-state index in [9.17, 15) is 0 Å². The van der Waals surface area contributed by atoms with E-state index in [-0.39, 0.29) is 6.04 Å². The van der Waals surface area contributed by atoms with Gasteiger partial charge >= 0.3 is 0 Å². The van der Waals surface area contributed by atoms with E-state index in [2.05, 4.69) is 46.5 Å². The fourth-order valence-corrected chi connectivity index (χ4v) is 2.35. The van der Waals surface area contributed by atoms with Crippen LogP contribution in [0, 0.1) is 0 Å². The van der Waals surface area contributed by atoms with Crippen LogP contribution in [-0.2, 0) is 0 Å². The molecule has 0 spiro atoms. The third-order valence-corrected chi connectivity index (χ3v) is 3.51. The van der Waals surface area contributed by atoms with Crippen LogP contribution in [0.15, 0.2) is 61.3 Å². The molecule has 0 aliphatic carbocycles. The third kappa shape index (κ3) is 3.23. The number of hydrogen-bond acceptors (Lipinski definition) is 3. The highest BCUT2D eigenvalue weighted by Crippen LogP contribution is 2.21. The van der Waals surface area contributed by atoms with Crippen LogP contribution in [0.4, 0.5) is 5.69 Å². The molecule has 3 aromatic rings. The van der Waals surface area contributed by atoms with Crippen LogP contribution >= 0.6 is 11.6 Å². The zero-order chi connectivity index (χ0) is 14.7. The SMILES string of the molecule is CC(Nc1ccnc(Cl)c1)c1ccc(-n2ccnc2)cc1. The Hall–Kier alpha value is -2.33. The highest BCUT2D eigenvalue weighted by molar-refractivity contribution is 6.29. The van der Waals surface area contributed by atoms with Gasteiger partial charge in [-0.15, -0.1) is 0 Å². The summed E-state index contributed by atoms with van der Waals surface area (Å²) in [5.74, 6) is 0. The summed E-state index contributed by atoms with van der Waals surface area (Å²) in [6, 6.07) is 12.3. The lowest BCUT2D eigenvalue weighted by Crippen LogP contribution is -2.06. The van der Waals surface area contributed by atoms with E-state index in [0.29, 0.717) is 5.15 Å². The molecule has 0 aliphatic heterocycles. The van der Waals surface area contributed by atoms with E-state index in [1.165, 1.54) is 5.56 Å². The van der Waals surface area contributed by atoms with Gasteiger partial charge in [0.05, 0.1) is 6.33 Å². The van der Waals surface area contributed by atoms with Gasteiger partial charge in [-0.2, -0.15) is 0 Å². The van der Waals surface area contributed by atoms with Gasteiger partial charge in [-0.3, -0.25) is 0 Å². The molecule has 3 rings (SSSR count). The normalized spacial score (nSPS) is 12.1. The van der Waals surface area contributed by atoms with Crippen LogP contribution in [0.5, 0.6) is 0 Å². The van der Waals surface area contributed by atoms with Crippen molar-refractivity contribution >= 4 is 17.3 Å². The summed E-state index contributed by atoms with van der Waals surface area (Å²) in [6.45, 7) is 2.11. The van der Waals surface area contributed by atoms with Crippen molar-refractivity contribution < 1.29 is 0 Å². The summed E-state index contributed by atoms with van der Waals surface area (Å²) in [7, 11) is 0. The molecular weight excluding hydrogens is 284 g/mol. The summed E-state index contributed by atoms with van der Waals surface area (Å²) in [4.78, 5) is 8.03. The molecule has 0 aliphatic rings. The first kappa shape index (κ1) is 13.6. The molecule has 0 bridgehead atoms. The monoisotopic (exact) mass is 298 g/mol. The van der Waals surface area contributed by atoms with Crippen molar-refractivity contribution in [3.05, 3.63) is 72.0 Å². The van der Waals surface area contributed by atoms with Gasteiger partial charge in [0.25, 0.3) is 0 Å². The number of hydrogen-bond donors (Lipinski definition) is 1. The van der Waals surface area contributed by atoms with E-state index in [1.807, 2.05) is 22.9 Å². The zero-order valence-corrected chi connectivity index (χ0v) is 12.3. The van der Waals surface area contributed by atoms with E-state index in [1.54, 1.807) is 18.7 Å². The maximum absolute atomic E-state index is 5.89. The molecule has 0 saturated carbocycles. The molecule has 21 heavy (non-hydrogen) atoms. The first-order chi connectivity index (χ1) is 10.2. The number of anilines is 1. The topological polar surface area (TPSA) is 42.7 Å². The number of imidazole rings is 1. The lowest BCUT2D eigenvalue weighted by Gasteiger charge is -2.16. The maximum Gasteiger partial charge on any atom is 0.131 e. The van der Waals surface area contributed by atoms with Crippen molar-refractivity contribution in [2.45, 2.75) is 13.0 Å². The summed E-state index contributed by atoms with van der Waals surface area (Å²) in [5.41, 5.74) is 3.25. The zero-order valence-electron chi connectivity index (χ0n) is 11.6. The lowest BCUT2D eigenvalue weighted by molar-refractivity contribution is 0.882. The van der Waals surface area contributed by atoms with Crippen LogP contribution in [0.25, 0.3) is 5.69 Å². The Bertz CT molecular complexity index is 707. The van der Waals surface area contributed by atoms with Gasteiger partial charge in [-0.25, -0.2) is 9.97 Å². The molecule has 0 radical (unpaired) electrons. The molecule has 106 valence electrons. The Kier molecular flexibility index (Phi) is 3.88. The van der Waals surface area contributed by atoms with Crippen LogP contribution in [-0.4, -0.2) is 14.5 Å². The molecule has 2 aromatic heterocycles. The van der Waals surface area contributed by atoms with Crippen molar-refractivity contribution in [1.29, 1.82) is 0 Å². The summed E-state index contributed by atoms with van der Waals surface area (Å²) in [6.07, 6.45) is 7.18. The molecule has 1 aromatic carbocycles. The second kappa shape index (κ2) is 5.97. The first-order valence-corrected chi connectivity index (χ1v) is 7.06. The standard InChI is InChI=1S/C16H15ClN4/c1-12(20-14-6-7-19-16(17)10-14)13-2-4-15(5-3-13)21-9-8-18-11-21/h2-12H,1H3,(H,19,20). The van der Waals surface area contributed by atoms with Crippen LogP contribution < -0.4 is 5.32 Å². The van der Waals surface area contributed by atoms with Crippen LogP contribution in [0.3, 0.4) is 0 Å². The van der Waals surface area contributed by atoms with Gasteiger partial charge in [0.2, 0.25) is 0 Å². The minimum Gasteiger partial charge on any atom is -0.378 e. The maximum atomic E-state index is 5.89. The minimum absolute atomic E-state index is 0.181. The predicted octanol–water partition coefficient (Wildman–Crippen LogP) is 4.09. The number of nitrogens with one attached hydrogen (secondary N) is 1. The van der Waals surface area contributed by atoms with Gasteiger partial charge in [-0.05, 0) is 36.8 Å². The van der Waals surface area contributed by atoms with Crippen molar-refractivity contribution in [3.63, 3.8) is 0 Å². The Morgan fingerprint density at radius 1 is 1.14 bits per heavy atom. The van der Waals surface area contributed by atoms with Crippen molar-refractivity contribution in [2.24, 2.45) is 0 Å². The van der Waals surface area contributed by atoms with E-state index < -0.39 is 0 Å². The molecule has 0 amide bonds. The highest BCUT2D eigenvalue weighted by atomic mass is 35.5. The van der Waals surface area contributed by atoms with Crippen LogP contribution in [0.1, 0.15) is 18.5 Å². The van der Waals surface area contributed by atoms with Crippen molar-refractivity contribution in [3.8, 4) is 5.69 Å². The van der Waals surface area contributed by atoms with Crippen molar-refractivity contribution in [1.82, 2.24) is 14.5 Å². The predicted molar refractivity (Wildman–Crippen MR) is 84.8 cm³/mol. The fraction of sp³-hybridized carbons (Fsp3) is 0.125. The van der Waals surface area contributed by atoms with Crippen LogP contribution in [0.2, 0.25) is 5.15 Å². The number of rotatable bonds is 4. The molecule has 1 unspecified atom stereocenters. The second-order valence-electron chi connectivity index (χ2n) is 4.79. The van der Waals surface area contributed by atoms with Gasteiger partial charge in [0, 0.05) is 36.0 Å². The number of nitrogens with zero attached hydrogens (tertiary/aromatic N) is 3. The van der Waals surface area contributed by atoms with Gasteiger partial charge < -0.3 is 9.88 Å². The Balaban J connectivity index is 1.74. The minimum atomic E-state index is 0.181. The second-order valence-corrected chi connectivity index (χ2v) is 5.18. The van der Waals surface area contributed by atoms with Gasteiger partial charge in [0.15, 0.2) is 0 Å². The summed E-state index contributed by atoms with van der Waals surface area (Å²) >= 11 is 5.89. The number of halogens is 1. The first-order valence-electron chi connectivity index (χ1n) is 6.69. The fourth-order valence-electron chi connectivity index (χ4n) is 2.17. The third-order valence-electron chi connectivity index (χ3n) is 3.31. The molecule has 0 saturated heterocycles. The lowest BCUT2D eigenvalue weighted by atomic mass is 10.1. The smallest absolute Gasteiger partial charge is 0.131 e. The molecule has 4 nitrogen and oxygen atoms in total. The summed E-state index contributed by atoms with van der Waals surface area (Å²) < 4.78 is 1.98. The molecule has 1 atom stereocenters. The van der Waals surface area contributed by atoms with Gasteiger partial charge in [-0.1, -0.05) is 23.7 Å². The van der Waals surface area contributed by atoms with Crippen molar-refractivity contribution in [2.75, 3.05) is 5.32 Å².